The highest BCUT2D eigenvalue weighted by molar-refractivity contribution is 7.22. The van der Waals surface area contributed by atoms with Gasteiger partial charge < -0.3 is 26.0 Å². The van der Waals surface area contributed by atoms with Crippen LogP contribution in [0.1, 0.15) is 22.9 Å². The van der Waals surface area contributed by atoms with E-state index in [1.807, 2.05) is 36.4 Å². The fourth-order valence-corrected chi connectivity index (χ4v) is 5.28. The Morgan fingerprint density at radius 2 is 2.13 bits per heavy atom. The fraction of sp³-hybridized carbons (Fsp3) is 0.333. The third kappa shape index (κ3) is 4.73. The van der Waals surface area contributed by atoms with Crippen molar-refractivity contribution in [2.24, 2.45) is 5.73 Å². The van der Waals surface area contributed by atoms with Crippen LogP contribution in [0.2, 0.25) is 4.34 Å². The molecule has 0 spiro atoms. The van der Waals surface area contributed by atoms with Crippen LogP contribution in [0.25, 0.3) is 10.2 Å². The van der Waals surface area contributed by atoms with Crippen LogP contribution >= 0.6 is 35.3 Å². The van der Waals surface area contributed by atoms with Crippen LogP contribution < -0.4 is 11.1 Å². The van der Waals surface area contributed by atoms with E-state index < -0.39 is 12.6 Å². The lowest BCUT2D eigenvalue weighted by atomic mass is 10.0. The minimum Gasteiger partial charge on any atom is -0.394 e. The number of likely N-dealkylation sites (N-methyl/N-ethyl adjacent to an activating group) is 1. The lowest BCUT2D eigenvalue weighted by Gasteiger charge is -2.32. The molecule has 0 bridgehead atoms. The molecule has 0 fully saturated rings. The molecule has 3 atom stereocenters. The van der Waals surface area contributed by atoms with Gasteiger partial charge in [-0.1, -0.05) is 35.9 Å². The number of rotatable bonds is 6. The summed E-state index contributed by atoms with van der Waals surface area (Å²) in [4.78, 5) is 31.1. The fourth-order valence-electron chi connectivity index (χ4n) is 4.13. The van der Waals surface area contributed by atoms with Gasteiger partial charge in [-0.05, 0) is 29.7 Å². The minimum absolute atomic E-state index is 0. The zero-order valence-corrected chi connectivity index (χ0v) is 19.2. The zero-order chi connectivity index (χ0) is 21.4. The molecular formula is C21H24Cl2N4O3S. The van der Waals surface area contributed by atoms with E-state index in [1.54, 1.807) is 7.05 Å². The van der Waals surface area contributed by atoms with Crippen LogP contribution in [0.5, 0.6) is 0 Å². The number of halogens is 2. The summed E-state index contributed by atoms with van der Waals surface area (Å²) in [5.41, 5.74) is 8.63. The smallest absolute Gasteiger partial charge is 0.242 e. The quantitative estimate of drug-likeness (QED) is 0.432. The number of carbonyl (C=O) groups excluding carboxylic acids is 2. The Balaban J connectivity index is 0.00000272. The average molecular weight is 483 g/mol. The summed E-state index contributed by atoms with van der Waals surface area (Å²) >= 11 is 7.45. The van der Waals surface area contributed by atoms with Crippen molar-refractivity contribution >= 4 is 57.4 Å². The van der Waals surface area contributed by atoms with Crippen molar-refractivity contribution in [3.63, 3.8) is 0 Å². The molecule has 10 heteroatoms. The van der Waals surface area contributed by atoms with Crippen molar-refractivity contribution in [3.8, 4) is 0 Å². The number of nitrogens with one attached hydrogen (secondary N) is 2. The molecule has 0 radical (unpaired) electrons. The number of hydrogen-bond donors (Lipinski definition) is 4. The topological polar surface area (TPSA) is 111 Å². The van der Waals surface area contributed by atoms with E-state index in [4.69, 9.17) is 17.3 Å². The highest BCUT2D eigenvalue weighted by Gasteiger charge is 2.38. The van der Waals surface area contributed by atoms with Gasteiger partial charge in [-0.25, -0.2) is 0 Å². The van der Waals surface area contributed by atoms with Crippen molar-refractivity contribution in [1.29, 1.82) is 0 Å². The summed E-state index contributed by atoms with van der Waals surface area (Å²) in [6, 6.07) is 10.0. The van der Waals surface area contributed by atoms with E-state index in [1.165, 1.54) is 16.2 Å². The molecule has 0 aliphatic heterocycles. The minimum atomic E-state index is -0.988. The van der Waals surface area contributed by atoms with Gasteiger partial charge in [0.05, 0.1) is 29.4 Å². The molecule has 4 rings (SSSR count). The van der Waals surface area contributed by atoms with Gasteiger partial charge in [0.15, 0.2) is 0 Å². The number of nitrogens with zero attached hydrogens (tertiary/aromatic N) is 1. The van der Waals surface area contributed by atoms with Gasteiger partial charge in [0.2, 0.25) is 11.8 Å². The molecule has 2 amide bonds. The number of carbonyl (C=O) groups is 2. The van der Waals surface area contributed by atoms with Crippen LogP contribution in [0, 0.1) is 0 Å². The highest BCUT2D eigenvalue weighted by atomic mass is 35.5. The number of amides is 2. The first-order valence-electron chi connectivity index (χ1n) is 9.64. The molecule has 166 valence electrons. The van der Waals surface area contributed by atoms with Gasteiger partial charge in [0.25, 0.3) is 0 Å². The number of fused-ring (bicyclic) bond motifs is 2. The van der Waals surface area contributed by atoms with Gasteiger partial charge in [-0.3, -0.25) is 9.59 Å². The molecule has 0 unspecified atom stereocenters. The van der Waals surface area contributed by atoms with Gasteiger partial charge in [0, 0.05) is 18.1 Å². The third-order valence-electron chi connectivity index (χ3n) is 5.51. The van der Waals surface area contributed by atoms with E-state index in [2.05, 4.69) is 10.3 Å². The van der Waals surface area contributed by atoms with E-state index >= 15 is 0 Å². The number of nitrogens with two attached hydrogens (primary N) is 1. The van der Waals surface area contributed by atoms with E-state index in [9.17, 15) is 14.7 Å². The summed E-state index contributed by atoms with van der Waals surface area (Å²) in [6.45, 7) is -0.428. The Morgan fingerprint density at radius 3 is 2.84 bits per heavy atom. The van der Waals surface area contributed by atoms with Gasteiger partial charge in [-0.2, -0.15) is 0 Å². The van der Waals surface area contributed by atoms with Gasteiger partial charge in [-0.15, -0.1) is 23.7 Å². The Hall–Kier alpha value is -2.10. The maximum absolute atomic E-state index is 12.8. The van der Waals surface area contributed by atoms with Gasteiger partial charge >= 0.3 is 0 Å². The van der Waals surface area contributed by atoms with Gasteiger partial charge in [0.1, 0.15) is 10.9 Å². The van der Waals surface area contributed by atoms with Crippen molar-refractivity contribution in [2.45, 2.75) is 31.0 Å². The van der Waals surface area contributed by atoms with Crippen LogP contribution in [0.3, 0.4) is 0 Å². The average Bonchev–Trinajstić information content (AvgIpc) is 3.36. The largest absolute Gasteiger partial charge is 0.394 e. The molecule has 7 nitrogen and oxygen atoms in total. The lowest BCUT2D eigenvalue weighted by Crippen LogP contribution is -2.50. The van der Waals surface area contributed by atoms with Crippen LogP contribution in [0.4, 0.5) is 0 Å². The van der Waals surface area contributed by atoms with Crippen molar-refractivity contribution in [1.82, 2.24) is 15.2 Å². The summed E-state index contributed by atoms with van der Waals surface area (Å²) in [5.74, 6) is -0.495. The number of aliphatic hydroxyl groups is 1. The Bertz CT molecular complexity index is 1070. The first-order valence-corrected chi connectivity index (χ1v) is 10.8. The molecule has 31 heavy (non-hydrogen) atoms. The van der Waals surface area contributed by atoms with Crippen molar-refractivity contribution in [2.75, 3.05) is 13.7 Å². The number of thiophene rings is 1. The van der Waals surface area contributed by atoms with Crippen LogP contribution in [-0.4, -0.2) is 52.5 Å². The lowest BCUT2D eigenvalue weighted by molar-refractivity contribution is -0.135. The molecule has 2 heterocycles. The Morgan fingerprint density at radius 1 is 1.39 bits per heavy atom. The standard InChI is InChI=1S/C21H23ClN4O3S.ClH/c1-26(21(29)15(23)10-27)19-14-5-3-2-4-11(14)7-16(19)25-18(28)9-13-6-12-8-17(22)30-20(12)24-13;/h2-6,8,15-16,19,24,27H,7,9-10,23H2,1H3,(H,25,28);1H/t15-,16+,19+;/m0./s1. The number of aromatic nitrogens is 1. The SMILES string of the molecule is CN(C(=O)[C@@H](N)CO)[C@@H]1c2ccccc2C[C@H]1NC(=O)Cc1cc2cc(Cl)sc2[nH]1.Cl. The summed E-state index contributed by atoms with van der Waals surface area (Å²) < 4.78 is 0.701. The monoisotopic (exact) mass is 482 g/mol. The summed E-state index contributed by atoms with van der Waals surface area (Å²) in [5, 5.41) is 13.3. The van der Waals surface area contributed by atoms with E-state index in [0.717, 1.165) is 27.0 Å². The summed E-state index contributed by atoms with van der Waals surface area (Å²) in [6.07, 6.45) is 0.820. The third-order valence-corrected chi connectivity index (χ3v) is 6.70. The van der Waals surface area contributed by atoms with E-state index in [-0.39, 0.29) is 42.7 Å². The first-order chi connectivity index (χ1) is 14.4. The molecular weight excluding hydrogens is 459 g/mol. The Kier molecular flexibility index (Phi) is 7.28. The number of H-pyrrole nitrogens is 1. The summed E-state index contributed by atoms with van der Waals surface area (Å²) in [7, 11) is 1.66. The van der Waals surface area contributed by atoms with Crippen molar-refractivity contribution in [3.05, 3.63) is 57.6 Å². The molecule has 1 aromatic carbocycles. The second kappa shape index (κ2) is 9.58. The van der Waals surface area contributed by atoms with Crippen molar-refractivity contribution < 1.29 is 14.7 Å². The number of benzene rings is 1. The maximum Gasteiger partial charge on any atom is 0.242 e. The molecule has 1 aliphatic rings. The number of aliphatic hydroxyl groups excluding tert-OH is 1. The second-order valence-electron chi connectivity index (χ2n) is 7.57. The predicted molar refractivity (Wildman–Crippen MR) is 125 cm³/mol. The Labute approximate surface area is 195 Å². The van der Waals surface area contributed by atoms with Crippen LogP contribution in [-0.2, 0) is 22.4 Å². The molecule has 2 aromatic heterocycles. The highest BCUT2D eigenvalue weighted by Crippen LogP contribution is 2.36. The zero-order valence-electron chi connectivity index (χ0n) is 16.8. The predicted octanol–water partition coefficient (Wildman–Crippen LogP) is 2.41. The molecule has 5 N–H and O–H groups in total. The van der Waals surface area contributed by atoms with E-state index in [0.29, 0.717) is 10.8 Å². The van der Waals surface area contributed by atoms with Crippen LogP contribution in [0.15, 0.2) is 36.4 Å². The first kappa shape index (κ1) is 23.6. The normalized spacial score (nSPS) is 18.3. The molecule has 0 saturated carbocycles. The molecule has 0 saturated heterocycles. The number of aromatic amines is 1. The number of hydrogen-bond acceptors (Lipinski definition) is 5. The second-order valence-corrected chi connectivity index (χ2v) is 9.25. The molecule has 3 aromatic rings. The molecule has 1 aliphatic carbocycles. The maximum atomic E-state index is 12.8.